The standard InChI is InChI=1S/C12H22N2O5S/c1-2-19-12(16)11-6-4-8-14(11)20(17,18)13-7-3-5-10(13)9-15/h10-11,15H,2-9H2,1H3/t10-,11?/m0/s1. The van der Waals surface area contributed by atoms with E-state index in [1.165, 1.54) is 8.61 Å². The van der Waals surface area contributed by atoms with Gasteiger partial charge in [-0.3, -0.25) is 4.79 Å². The van der Waals surface area contributed by atoms with E-state index < -0.39 is 22.2 Å². The minimum atomic E-state index is -3.71. The molecule has 0 aromatic rings. The number of hydrogen-bond acceptors (Lipinski definition) is 5. The fraction of sp³-hybridized carbons (Fsp3) is 0.917. The van der Waals surface area contributed by atoms with Crippen molar-refractivity contribution in [2.24, 2.45) is 0 Å². The molecule has 7 nitrogen and oxygen atoms in total. The van der Waals surface area contributed by atoms with Crippen LogP contribution < -0.4 is 0 Å². The normalized spacial score (nSPS) is 28.9. The zero-order chi connectivity index (χ0) is 14.8. The molecule has 0 saturated carbocycles. The Hall–Kier alpha value is -0.700. The van der Waals surface area contributed by atoms with E-state index in [1.807, 2.05) is 0 Å². The van der Waals surface area contributed by atoms with Crippen molar-refractivity contribution in [3.05, 3.63) is 0 Å². The number of nitrogens with zero attached hydrogens (tertiary/aromatic N) is 2. The van der Waals surface area contributed by atoms with Crippen LogP contribution in [0.3, 0.4) is 0 Å². The molecular weight excluding hydrogens is 284 g/mol. The predicted octanol–water partition coefficient (Wildman–Crippen LogP) is -0.285. The van der Waals surface area contributed by atoms with Gasteiger partial charge in [0.05, 0.1) is 13.2 Å². The number of carbonyl (C=O) groups excluding carboxylic acids is 1. The van der Waals surface area contributed by atoms with Gasteiger partial charge in [0.2, 0.25) is 0 Å². The van der Waals surface area contributed by atoms with E-state index in [9.17, 15) is 18.3 Å². The summed E-state index contributed by atoms with van der Waals surface area (Å²) in [5.41, 5.74) is 0. The van der Waals surface area contributed by atoms with E-state index >= 15 is 0 Å². The lowest BCUT2D eigenvalue weighted by molar-refractivity contribution is -0.146. The fourth-order valence-corrected chi connectivity index (χ4v) is 4.97. The summed E-state index contributed by atoms with van der Waals surface area (Å²) in [6, 6.07) is -1.09. The second kappa shape index (κ2) is 6.38. The maximum absolute atomic E-state index is 12.7. The average molecular weight is 306 g/mol. The molecule has 0 aromatic carbocycles. The number of hydrogen-bond donors (Lipinski definition) is 1. The Morgan fingerprint density at radius 3 is 2.55 bits per heavy atom. The molecule has 20 heavy (non-hydrogen) atoms. The van der Waals surface area contributed by atoms with Gasteiger partial charge in [0.25, 0.3) is 10.2 Å². The van der Waals surface area contributed by atoms with Gasteiger partial charge in [-0.15, -0.1) is 0 Å². The highest BCUT2D eigenvalue weighted by atomic mass is 32.2. The molecule has 2 heterocycles. The van der Waals surface area contributed by atoms with E-state index in [0.717, 1.165) is 6.42 Å². The van der Waals surface area contributed by atoms with Crippen molar-refractivity contribution in [2.75, 3.05) is 26.3 Å². The number of aliphatic hydroxyl groups is 1. The van der Waals surface area contributed by atoms with Gasteiger partial charge < -0.3 is 9.84 Å². The highest BCUT2D eigenvalue weighted by Crippen LogP contribution is 2.29. The number of carbonyl (C=O) groups is 1. The van der Waals surface area contributed by atoms with Gasteiger partial charge in [-0.05, 0) is 32.6 Å². The minimum Gasteiger partial charge on any atom is -0.465 e. The molecule has 1 unspecified atom stereocenters. The van der Waals surface area contributed by atoms with Gasteiger partial charge in [0, 0.05) is 19.1 Å². The van der Waals surface area contributed by atoms with Crippen LogP contribution in [-0.2, 0) is 19.7 Å². The topological polar surface area (TPSA) is 87.2 Å². The number of aliphatic hydroxyl groups excluding tert-OH is 1. The van der Waals surface area contributed by atoms with Crippen molar-refractivity contribution >= 4 is 16.2 Å². The van der Waals surface area contributed by atoms with Gasteiger partial charge in [0.1, 0.15) is 6.04 Å². The highest BCUT2D eigenvalue weighted by molar-refractivity contribution is 7.86. The highest BCUT2D eigenvalue weighted by Gasteiger charge is 2.45. The molecule has 2 saturated heterocycles. The average Bonchev–Trinajstić information content (AvgIpc) is 3.08. The molecule has 8 heteroatoms. The van der Waals surface area contributed by atoms with E-state index in [-0.39, 0.29) is 19.3 Å². The zero-order valence-electron chi connectivity index (χ0n) is 11.7. The van der Waals surface area contributed by atoms with E-state index in [1.54, 1.807) is 6.92 Å². The molecule has 2 aliphatic rings. The van der Waals surface area contributed by atoms with Crippen molar-refractivity contribution in [3.63, 3.8) is 0 Å². The Morgan fingerprint density at radius 1 is 1.25 bits per heavy atom. The first-order valence-electron chi connectivity index (χ1n) is 7.08. The Morgan fingerprint density at radius 2 is 1.90 bits per heavy atom. The SMILES string of the molecule is CCOC(=O)C1CCCN1S(=O)(=O)N1CCC[C@H]1CO. The third kappa shape index (κ3) is 2.83. The van der Waals surface area contributed by atoms with Crippen molar-refractivity contribution in [3.8, 4) is 0 Å². The Balaban J connectivity index is 2.17. The summed E-state index contributed by atoms with van der Waals surface area (Å²) in [5.74, 6) is -0.478. The number of ether oxygens (including phenoxy) is 1. The third-order valence-electron chi connectivity index (χ3n) is 3.89. The van der Waals surface area contributed by atoms with E-state index in [2.05, 4.69) is 0 Å². The van der Waals surface area contributed by atoms with Crippen LogP contribution in [0.5, 0.6) is 0 Å². The lowest BCUT2D eigenvalue weighted by Gasteiger charge is -2.30. The van der Waals surface area contributed by atoms with Crippen LogP contribution in [0.25, 0.3) is 0 Å². The van der Waals surface area contributed by atoms with Crippen LogP contribution in [0.15, 0.2) is 0 Å². The van der Waals surface area contributed by atoms with Crippen LogP contribution >= 0.6 is 0 Å². The first-order chi connectivity index (χ1) is 9.52. The van der Waals surface area contributed by atoms with E-state index in [4.69, 9.17) is 4.74 Å². The second-order valence-corrected chi connectivity index (χ2v) is 6.95. The second-order valence-electron chi connectivity index (χ2n) is 5.12. The molecule has 0 aromatic heterocycles. The molecule has 0 aliphatic carbocycles. The quantitative estimate of drug-likeness (QED) is 0.706. The molecule has 0 amide bonds. The molecule has 2 rings (SSSR count). The summed E-state index contributed by atoms with van der Waals surface area (Å²) in [6.45, 7) is 2.50. The summed E-state index contributed by atoms with van der Waals surface area (Å²) in [4.78, 5) is 11.9. The number of esters is 1. The maximum atomic E-state index is 12.7. The Bertz CT molecular complexity index is 453. The van der Waals surface area contributed by atoms with Gasteiger partial charge in [-0.25, -0.2) is 0 Å². The smallest absolute Gasteiger partial charge is 0.324 e. The van der Waals surface area contributed by atoms with Crippen molar-refractivity contribution in [2.45, 2.75) is 44.7 Å². The molecule has 0 spiro atoms. The largest absolute Gasteiger partial charge is 0.465 e. The Kier molecular flexibility index (Phi) is 5.00. The molecule has 2 fully saturated rings. The summed E-state index contributed by atoms with van der Waals surface area (Å²) < 4.78 is 32.8. The maximum Gasteiger partial charge on any atom is 0.324 e. The van der Waals surface area contributed by atoms with Gasteiger partial charge in [0.15, 0.2) is 0 Å². The van der Waals surface area contributed by atoms with E-state index in [0.29, 0.717) is 32.4 Å². The molecule has 0 radical (unpaired) electrons. The monoisotopic (exact) mass is 306 g/mol. The lowest BCUT2D eigenvalue weighted by Crippen LogP contribution is -2.50. The van der Waals surface area contributed by atoms with Crippen molar-refractivity contribution in [1.29, 1.82) is 0 Å². The number of rotatable bonds is 5. The van der Waals surface area contributed by atoms with Gasteiger partial charge >= 0.3 is 5.97 Å². The molecular formula is C12H22N2O5S. The van der Waals surface area contributed by atoms with Crippen LogP contribution in [0.1, 0.15) is 32.6 Å². The summed E-state index contributed by atoms with van der Waals surface area (Å²) in [6.07, 6.45) is 2.55. The molecule has 116 valence electrons. The van der Waals surface area contributed by atoms with Crippen LogP contribution in [-0.4, -0.2) is 66.5 Å². The summed E-state index contributed by atoms with van der Waals surface area (Å²) >= 11 is 0. The van der Waals surface area contributed by atoms with Crippen molar-refractivity contribution in [1.82, 2.24) is 8.61 Å². The molecule has 2 atom stereocenters. The lowest BCUT2D eigenvalue weighted by atomic mass is 10.2. The van der Waals surface area contributed by atoms with Gasteiger partial charge in [-0.2, -0.15) is 17.0 Å². The molecule has 0 bridgehead atoms. The summed E-state index contributed by atoms with van der Waals surface area (Å²) in [7, 11) is -3.71. The molecule has 2 aliphatic heterocycles. The summed E-state index contributed by atoms with van der Waals surface area (Å²) in [5, 5.41) is 9.29. The first kappa shape index (κ1) is 15.7. The van der Waals surface area contributed by atoms with Crippen LogP contribution in [0, 0.1) is 0 Å². The van der Waals surface area contributed by atoms with Crippen LogP contribution in [0.4, 0.5) is 0 Å². The predicted molar refractivity (Wildman–Crippen MR) is 72.1 cm³/mol. The Labute approximate surface area is 119 Å². The molecule has 1 N–H and O–H groups in total. The minimum absolute atomic E-state index is 0.183. The first-order valence-corrected chi connectivity index (χ1v) is 8.48. The van der Waals surface area contributed by atoms with Crippen molar-refractivity contribution < 1.29 is 23.1 Å². The van der Waals surface area contributed by atoms with Crippen LogP contribution in [0.2, 0.25) is 0 Å². The third-order valence-corrected chi connectivity index (χ3v) is 5.99. The van der Waals surface area contributed by atoms with Gasteiger partial charge in [-0.1, -0.05) is 0 Å². The zero-order valence-corrected chi connectivity index (χ0v) is 12.5. The fourth-order valence-electron chi connectivity index (χ4n) is 2.92.